The summed E-state index contributed by atoms with van der Waals surface area (Å²) in [7, 11) is 0. The van der Waals surface area contributed by atoms with Gasteiger partial charge in [-0.1, -0.05) is 84.9 Å². The first kappa shape index (κ1) is 20.0. The maximum Gasteiger partial charge on any atom is 0.160 e. The lowest BCUT2D eigenvalue weighted by Gasteiger charge is -2.11. The minimum atomic E-state index is 0.717. The van der Waals surface area contributed by atoms with Crippen LogP contribution in [0.3, 0.4) is 0 Å². The van der Waals surface area contributed by atoms with Crippen LogP contribution in [0, 0.1) is 0 Å². The molecule has 2 heterocycles. The van der Waals surface area contributed by atoms with Gasteiger partial charge in [0.2, 0.25) is 0 Å². The van der Waals surface area contributed by atoms with Crippen LogP contribution in [-0.4, -0.2) is 15.0 Å². The van der Waals surface area contributed by atoms with Crippen molar-refractivity contribution in [2.24, 2.45) is 0 Å². The number of para-hydroxylation sites is 2. The Morgan fingerprint density at radius 1 is 0.486 bits per heavy atom. The van der Waals surface area contributed by atoms with E-state index in [1.54, 1.807) is 11.3 Å². The van der Waals surface area contributed by atoms with E-state index in [-0.39, 0.29) is 0 Å². The summed E-state index contributed by atoms with van der Waals surface area (Å²) >= 11 is 1.71. The summed E-state index contributed by atoms with van der Waals surface area (Å²) in [4.78, 5) is 14.9. The number of aromatic nitrogens is 3. The average molecular weight is 466 g/mol. The van der Waals surface area contributed by atoms with Crippen LogP contribution in [0.4, 0.5) is 0 Å². The second-order valence-corrected chi connectivity index (χ2v) is 9.57. The fourth-order valence-electron chi connectivity index (χ4n) is 4.55. The average Bonchev–Trinajstić information content (AvgIpc) is 3.37. The van der Waals surface area contributed by atoms with E-state index in [1.165, 1.54) is 15.5 Å². The Balaban J connectivity index is 1.40. The molecular weight excluding hydrogens is 446 g/mol. The highest BCUT2D eigenvalue weighted by molar-refractivity contribution is 7.21. The predicted octanol–water partition coefficient (Wildman–Crippen LogP) is 8.39. The summed E-state index contributed by atoms with van der Waals surface area (Å²) in [6, 6.07) is 39.8. The van der Waals surface area contributed by atoms with E-state index < -0.39 is 0 Å². The van der Waals surface area contributed by atoms with Crippen molar-refractivity contribution in [3.8, 4) is 33.2 Å². The van der Waals surface area contributed by atoms with Crippen LogP contribution >= 0.6 is 11.3 Å². The van der Waals surface area contributed by atoms with Gasteiger partial charge in [-0.15, -0.1) is 11.3 Å². The van der Waals surface area contributed by atoms with Gasteiger partial charge in [-0.25, -0.2) is 15.0 Å². The first-order valence-corrected chi connectivity index (χ1v) is 12.4. The Kier molecular flexibility index (Phi) is 4.64. The van der Waals surface area contributed by atoms with Crippen molar-refractivity contribution < 1.29 is 0 Å². The van der Waals surface area contributed by atoms with Crippen molar-refractivity contribution in [2.45, 2.75) is 0 Å². The van der Waals surface area contributed by atoms with Crippen LogP contribution in [0.2, 0.25) is 0 Å². The van der Waals surface area contributed by atoms with Gasteiger partial charge in [0.1, 0.15) is 5.01 Å². The molecule has 0 N–H and O–H groups in total. The molecule has 0 bridgehead atoms. The third-order valence-corrected chi connectivity index (χ3v) is 7.37. The topological polar surface area (TPSA) is 38.7 Å². The third kappa shape index (κ3) is 3.56. The molecule has 0 unspecified atom stereocenters. The van der Waals surface area contributed by atoms with Gasteiger partial charge < -0.3 is 0 Å². The Labute approximate surface area is 206 Å². The van der Waals surface area contributed by atoms with Crippen LogP contribution in [0.25, 0.3) is 65.1 Å². The van der Waals surface area contributed by atoms with E-state index >= 15 is 0 Å². The molecule has 0 saturated heterocycles. The van der Waals surface area contributed by atoms with Crippen molar-refractivity contribution in [3.63, 3.8) is 0 Å². The molecule has 0 aliphatic heterocycles. The second-order valence-electron chi connectivity index (χ2n) is 8.54. The Bertz CT molecular complexity index is 1840. The van der Waals surface area contributed by atoms with Gasteiger partial charge in [0.05, 0.1) is 21.4 Å². The van der Waals surface area contributed by atoms with E-state index in [0.717, 1.165) is 49.6 Å². The van der Waals surface area contributed by atoms with Crippen LogP contribution in [0.15, 0.2) is 115 Å². The van der Waals surface area contributed by atoms with E-state index in [9.17, 15) is 0 Å². The summed E-state index contributed by atoms with van der Waals surface area (Å²) in [5.74, 6) is 0.717. The summed E-state index contributed by atoms with van der Waals surface area (Å²) in [6.07, 6.45) is 0. The number of fused-ring (bicyclic) bond motifs is 3. The quantitative estimate of drug-likeness (QED) is 0.263. The Morgan fingerprint density at radius 2 is 1.26 bits per heavy atom. The van der Waals surface area contributed by atoms with E-state index in [0.29, 0.717) is 0 Å². The van der Waals surface area contributed by atoms with Gasteiger partial charge in [0.25, 0.3) is 0 Å². The summed E-state index contributed by atoms with van der Waals surface area (Å²) < 4.78 is 1.19. The van der Waals surface area contributed by atoms with Crippen LogP contribution in [0.1, 0.15) is 0 Å². The number of rotatable bonds is 3. The Morgan fingerprint density at radius 3 is 2.17 bits per heavy atom. The molecule has 7 aromatic rings. The van der Waals surface area contributed by atoms with Crippen molar-refractivity contribution >= 4 is 43.2 Å². The Hall–Kier alpha value is -4.41. The number of hydrogen-bond acceptors (Lipinski definition) is 4. The molecule has 0 spiro atoms. The second kappa shape index (κ2) is 8.12. The lowest BCUT2D eigenvalue weighted by atomic mass is 10.0. The lowest BCUT2D eigenvalue weighted by Crippen LogP contribution is -1.95. The van der Waals surface area contributed by atoms with Crippen LogP contribution in [0.5, 0.6) is 0 Å². The van der Waals surface area contributed by atoms with Gasteiger partial charge in [-0.3, -0.25) is 0 Å². The fourth-order valence-corrected chi connectivity index (χ4v) is 5.51. The summed E-state index contributed by atoms with van der Waals surface area (Å²) in [6.45, 7) is 0. The molecule has 0 aliphatic carbocycles. The molecule has 2 aromatic heterocycles. The normalized spacial score (nSPS) is 11.4. The van der Waals surface area contributed by atoms with Crippen LogP contribution in [-0.2, 0) is 0 Å². The molecule has 164 valence electrons. The molecule has 5 aromatic carbocycles. The molecule has 0 fully saturated rings. The minimum absolute atomic E-state index is 0.717. The maximum atomic E-state index is 5.10. The van der Waals surface area contributed by atoms with Crippen molar-refractivity contribution in [1.29, 1.82) is 0 Å². The smallest absolute Gasteiger partial charge is 0.160 e. The highest BCUT2D eigenvalue weighted by Crippen LogP contribution is 2.34. The van der Waals surface area contributed by atoms with Gasteiger partial charge in [0, 0.05) is 22.1 Å². The molecule has 3 nitrogen and oxygen atoms in total. The molecule has 7 rings (SSSR count). The molecule has 35 heavy (non-hydrogen) atoms. The van der Waals surface area contributed by atoms with Crippen molar-refractivity contribution in [1.82, 2.24) is 15.0 Å². The number of nitrogens with zero attached hydrogens (tertiary/aromatic N) is 3. The minimum Gasteiger partial charge on any atom is -0.236 e. The zero-order valence-corrected chi connectivity index (χ0v) is 19.5. The molecule has 0 saturated carbocycles. The number of hydrogen-bond donors (Lipinski definition) is 0. The molecule has 4 heteroatoms. The zero-order chi connectivity index (χ0) is 23.2. The zero-order valence-electron chi connectivity index (χ0n) is 18.7. The van der Waals surface area contributed by atoms with Gasteiger partial charge in [-0.2, -0.15) is 0 Å². The van der Waals surface area contributed by atoms with Crippen molar-refractivity contribution in [3.05, 3.63) is 115 Å². The van der Waals surface area contributed by atoms with E-state index in [1.807, 2.05) is 18.2 Å². The predicted molar refractivity (Wildman–Crippen MR) is 147 cm³/mol. The summed E-state index contributed by atoms with van der Waals surface area (Å²) in [5.41, 5.74) is 6.05. The van der Waals surface area contributed by atoms with Gasteiger partial charge in [0.15, 0.2) is 5.82 Å². The fraction of sp³-hybridized carbons (Fsp3) is 0. The first-order chi connectivity index (χ1) is 17.3. The SMILES string of the molecule is c1cc(-c2nc(-c3ccc4ccccc4c3)c3ccccc3n2)cc(-c2nc3ccccc3s2)c1. The molecule has 0 amide bonds. The largest absolute Gasteiger partial charge is 0.236 e. The molecule has 0 radical (unpaired) electrons. The maximum absolute atomic E-state index is 5.10. The highest BCUT2D eigenvalue weighted by Gasteiger charge is 2.13. The third-order valence-electron chi connectivity index (χ3n) is 6.29. The van der Waals surface area contributed by atoms with E-state index in [4.69, 9.17) is 15.0 Å². The first-order valence-electron chi connectivity index (χ1n) is 11.5. The van der Waals surface area contributed by atoms with Crippen molar-refractivity contribution in [2.75, 3.05) is 0 Å². The standard InChI is InChI=1S/C31H19N3S/c1-2-9-21-18-22(17-16-20(21)8-1)29-25-12-3-4-13-26(25)32-30(34-29)23-10-7-11-24(19-23)31-33-27-14-5-6-15-28(27)35-31/h1-19H. The number of thiazole rings is 1. The van der Waals surface area contributed by atoms with Gasteiger partial charge >= 0.3 is 0 Å². The van der Waals surface area contributed by atoms with E-state index in [2.05, 4.69) is 97.1 Å². The lowest BCUT2D eigenvalue weighted by molar-refractivity contribution is 1.23. The monoisotopic (exact) mass is 465 g/mol. The molecule has 0 aliphatic rings. The highest BCUT2D eigenvalue weighted by atomic mass is 32.1. The number of benzene rings is 5. The van der Waals surface area contributed by atoms with Crippen LogP contribution < -0.4 is 0 Å². The van der Waals surface area contributed by atoms with Gasteiger partial charge in [-0.05, 0) is 41.1 Å². The molecular formula is C31H19N3S. The summed E-state index contributed by atoms with van der Waals surface area (Å²) in [5, 5.41) is 4.47. The molecule has 0 atom stereocenters.